The smallest absolute Gasteiger partial charge is 0.255 e. The first kappa shape index (κ1) is 20.5. The molecule has 0 saturated heterocycles. The number of benzene rings is 2. The Morgan fingerprint density at radius 3 is 2.55 bits per heavy atom. The number of fused-ring (bicyclic) bond motifs is 1. The van der Waals surface area contributed by atoms with Crippen LogP contribution in [0.2, 0.25) is 0 Å². The number of hydrogen-bond acceptors (Lipinski definition) is 4. The minimum atomic E-state index is -0.741. The van der Waals surface area contributed by atoms with Crippen molar-refractivity contribution in [2.24, 2.45) is 0 Å². The number of nitriles is 1. The van der Waals surface area contributed by atoms with Gasteiger partial charge in [-0.2, -0.15) is 10.4 Å². The van der Waals surface area contributed by atoms with Crippen LogP contribution in [-0.4, -0.2) is 25.6 Å². The monoisotopic (exact) mass is 441 g/mol. The van der Waals surface area contributed by atoms with Gasteiger partial charge in [0.05, 0.1) is 29.6 Å². The van der Waals surface area contributed by atoms with E-state index in [0.29, 0.717) is 18.7 Å². The van der Waals surface area contributed by atoms with Gasteiger partial charge in [0.2, 0.25) is 0 Å². The molecule has 2 aromatic heterocycles. The minimum absolute atomic E-state index is 0.210. The van der Waals surface area contributed by atoms with E-state index >= 15 is 0 Å². The molecule has 1 aliphatic rings. The summed E-state index contributed by atoms with van der Waals surface area (Å²) >= 11 is 0. The van der Waals surface area contributed by atoms with Crippen molar-refractivity contribution in [2.45, 2.75) is 20.0 Å². The Bertz CT molecular complexity index is 1410. The lowest BCUT2D eigenvalue weighted by atomic mass is 9.96. The minimum Gasteiger partial charge on any atom is -0.328 e. The standard InChI is InChI=1S/C25H17F2N5O/c1-15-6-21(4-5-29-15)32-13-18-12-31(14-24(18)30-32)25(33)23-7-16(11-28)2-3-22(23)17-8-19(26)10-20(27)9-17/h2-10,13H,12,14H2,1H3. The van der Waals surface area contributed by atoms with Gasteiger partial charge in [-0.1, -0.05) is 6.07 Å². The fourth-order valence-corrected chi connectivity index (χ4v) is 4.02. The molecule has 0 bridgehead atoms. The maximum atomic E-state index is 13.8. The Morgan fingerprint density at radius 1 is 1.06 bits per heavy atom. The third kappa shape index (κ3) is 3.85. The molecular formula is C25H17F2N5O. The van der Waals surface area contributed by atoms with Crippen molar-refractivity contribution in [1.82, 2.24) is 19.7 Å². The van der Waals surface area contributed by atoms with E-state index in [-0.39, 0.29) is 22.6 Å². The predicted octanol–water partition coefficient (Wildman–Crippen LogP) is 4.55. The van der Waals surface area contributed by atoms with Gasteiger partial charge in [0.15, 0.2) is 0 Å². The van der Waals surface area contributed by atoms with Crippen LogP contribution in [0.1, 0.15) is 32.9 Å². The summed E-state index contributed by atoms with van der Waals surface area (Å²) in [7, 11) is 0. The normalized spacial score (nSPS) is 12.5. The number of aromatic nitrogens is 3. The molecule has 0 spiro atoms. The average Bonchev–Trinajstić information content (AvgIpc) is 3.37. The first-order valence-electron chi connectivity index (χ1n) is 10.2. The van der Waals surface area contributed by atoms with Crippen LogP contribution in [0.4, 0.5) is 8.78 Å². The molecule has 2 aromatic carbocycles. The van der Waals surface area contributed by atoms with Crippen LogP contribution in [0, 0.1) is 29.9 Å². The molecule has 0 aliphatic carbocycles. The van der Waals surface area contributed by atoms with E-state index in [4.69, 9.17) is 0 Å². The van der Waals surface area contributed by atoms with E-state index in [0.717, 1.165) is 28.7 Å². The summed E-state index contributed by atoms with van der Waals surface area (Å²) in [6, 6.07) is 13.4. The number of halogens is 2. The van der Waals surface area contributed by atoms with Crippen molar-refractivity contribution in [1.29, 1.82) is 5.26 Å². The summed E-state index contributed by atoms with van der Waals surface area (Å²) in [6.07, 6.45) is 3.60. The van der Waals surface area contributed by atoms with Gasteiger partial charge in [-0.15, -0.1) is 0 Å². The number of aryl methyl sites for hydroxylation is 1. The van der Waals surface area contributed by atoms with E-state index in [1.54, 1.807) is 21.8 Å². The molecule has 1 amide bonds. The highest BCUT2D eigenvalue weighted by Gasteiger charge is 2.29. The molecular weight excluding hydrogens is 424 g/mol. The van der Waals surface area contributed by atoms with Crippen LogP contribution in [0.25, 0.3) is 16.8 Å². The second-order valence-corrected chi connectivity index (χ2v) is 7.89. The van der Waals surface area contributed by atoms with Crippen molar-refractivity contribution in [3.05, 3.63) is 101 Å². The zero-order chi connectivity index (χ0) is 23.1. The molecule has 1 aliphatic heterocycles. The van der Waals surface area contributed by atoms with Crippen LogP contribution < -0.4 is 0 Å². The topological polar surface area (TPSA) is 74.8 Å². The SMILES string of the molecule is Cc1cc(-n2cc3c(n2)CN(C(=O)c2cc(C#N)ccc2-c2cc(F)cc(F)c2)C3)ccn1. The molecule has 0 saturated carbocycles. The zero-order valence-electron chi connectivity index (χ0n) is 17.6. The van der Waals surface area contributed by atoms with E-state index in [1.165, 1.54) is 24.3 Å². The number of pyridine rings is 1. The molecule has 0 N–H and O–H groups in total. The van der Waals surface area contributed by atoms with E-state index in [2.05, 4.69) is 10.1 Å². The van der Waals surface area contributed by atoms with E-state index in [1.807, 2.05) is 31.3 Å². The maximum absolute atomic E-state index is 13.8. The summed E-state index contributed by atoms with van der Waals surface area (Å²) < 4.78 is 29.4. The van der Waals surface area contributed by atoms with Crippen molar-refractivity contribution in [2.75, 3.05) is 0 Å². The van der Waals surface area contributed by atoms with Gasteiger partial charge < -0.3 is 4.90 Å². The maximum Gasteiger partial charge on any atom is 0.255 e. The van der Waals surface area contributed by atoms with Gasteiger partial charge in [0.25, 0.3) is 5.91 Å². The van der Waals surface area contributed by atoms with Gasteiger partial charge in [-0.05, 0) is 54.4 Å². The fourth-order valence-electron chi connectivity index (χ4n) is 4.02. The first-order valence-corrected chi connectivity index (χ1v) is 10.2. The number of nitrogens with zero attached hydrogens (tertiary/aromatic N) is 5. The lowest BCUT2D eigenvalue weighted by Crippen LogP contribution is -2.26. The summed E-state index contributed by atoms with van der Waals surface area (Å²) in [6.45, 7) is 2.53. The van der Waals surface area contributed by atoms with Crippen molar-refractivity contribution >= 4 is 5.91 Å². The molecule has 162 valence electrons. The Balaban J connectivity index is 1.47. The van der Waals surface area contributed by atoms with Crippen LogP contribution in [0.15, 0.2) is 60.9 Å². The Labute approximate surface area is 188 Å². The second-order valence-electron chi connectivity index (χ2n) is 7.89. The molecule has 6 nitrogen and oxygen atoms in total. The number of amides is 1. The number of carbonyl (C=O) groups excluding carboxylic acids is 1. The predicted molar refractivity (Wildman–Crippen MR) is 116 cm³/mol. The number of hydrogen-bond donors (Lipinski definition) is 0. The summed E-state index contributed by atoms with van der Waals surface area (Å²) in [5.41, 5.74) is 4.52. The van der Waals surface area contributed by atoms with Crippen LogP contribution in [0.5, 0.6) is 0 Å². The van der Waals surface area contributed by atoms with Gasteiger partial charge in [0.1, 0.15) is 11.6 Å². The third-order valence-corrected chi connectivity index (χ3v) is 5.56. The van der Waals surface area contributed by atoms with Gasteiger partial charge in [0, 0.05) is 41.8 Å². The summed E-state index contributed by atoms with van der Waals surface area (Å²) in [5, 5.41) is 13.9. The number of rotatable bonds is 3. The van der Waals surface area contributed by atoms with Gasteiger partial charge >= 0.3 is 0 Å². The number of carbonyl (C=O) groups is 1. The van der Waals surface area contributed by atoms with Crippen molar-refractivity contribution < 1.29 is 13.6 Å². The van der Waals surface area contributed by atoms with Gasteiger partial charge in [-0.3, -0.25) is 9.78 Å². The lowest BCUT2D eigenvalue weighted by Gasteiger charge is -2.18. The fraction of sp³-hybridized carbons (Fsp3) is 0.120. The highest BCUT2D eigenvalue weighted by molar-refractivity contribution is 6.01. The highest BCUT2D eigenvalue weighted by atomic mass is 19.1. The molecule has 8 heteroatoms. The van der Waals surface area contributed by atoms with Crippen LogP contribution in [0.3, 0.4) is 0 Å². The summed E-state index contributed by atoms with van der Waals surface area (Å²) in [4.78, 5) is 19.2. The zero-order valence-corrected chi connectivity index (χ0v) is 17.6. The second kappa shape index (κ2) is 7.95. The van der Waals surface area contributed by atoms with Crippen molar-refractivity contribution in [3.63, 3.8) is 0 Å². The highest BCUT2D eigenvalue weighted by Crippen LogP contribution is 2.31. The molecule has 0 fully saturated rings. The Morgan fingerprint density at radius 2 is 1.85 bits per heavy atom. The quantitative estimate of drug-likeness (QED) is 0.468. The largest absolute Gasteiger partial charge is 0.328 e. The third-order valence-electron chi connectivity index (χ3n) is 5.56. The Hall–Kier alpha value is -4.38. The van der Waals surface area contributed by atoms with Crippen LogP contribution in [-0.2, 0) is 13.1 Å². The van der Waals surface area contributed by atoms with E-state index in [9.17, 15) is 18.8 Å². The molecule has 0 radical (unpaired) electrons. The van der Waals surface area contributed by atoms with Gasteiger partial charge in [-0.25, -0.2) is 13.5 Å². The summed E-state index contributed by atoms with van der Waals surface area (Å²) in [5.74, 6) is -1.82. The average molecular weight is 441 g/mol. The molecule has 33 heavy (non-hydrogen) atoms. The molecule has 0 atom stereocenters. The first-order chi connectivity index (χ1) is 15.9. The van der Waals surface area contributed by atoms with E-state index < -0.39 is 11.6 Å². The lowest BCUT2D eigenvalue weighted by molar-refractivity contribution is 0.0750. The van der Waals surface area contributed by atoms with Crippen LogP contribution >= 0.6 is 0 Å². The molecule has 5 rings (SSSR count). The Kier molecular flexibility index (Phi) is 4.94. The van der Waals surface area contributed by atoms with Crippen molar-refractivity contribution in [3.8, 4) is 22.9 Å². The molecule has 4 aromatic rings. The molecule has 3 heterocycles. The molecule has 0 unspecified atom stereocenters.